The maximum atomic E-state index is 6.11. The molecule has 0 aliphatic rings. The number of benzene rings is 1. The molecule has 0 aliphatic heterocycles. The molecule has 0 unspecified atom stereocenters. The van der Waals surface area contributed by atoms with Gasteiger partial charge in [0.25, 0.3) is 0 Å². The highest BCUT2D eigenvalue weighted by molar-refractivity contribution is 7.80. The largest absolute Gasteiger partial charge is 0.389 e. The molecule has 2 nitrogen and oxygen atoms in total. The summed E-state index contributed by atoms with van der Waals surface area (Å²) in [6.45, 7) is 6.50. The van der Waals surface area contributed by atoms with E-state index in [9.17, 15) is 0 Å². The quantitative estimate of drug-likeness (QED) is 0.844. The SMILES string of the molecule is CC(C)(C)OCc1ccc(C(N)=S)cc1Cl. The molecule has 0 spiro atoms. The smallest absolute Gasteiger partial charge is 0.104 e. The van der Waals surface area contributed by atoms with E-state index in [1.807, 2.05) is 32.9 Å². The molecule has 16 heavy (non-hydrogen) atoms. The lowest BCUT2D eigenvalue weighted by atomic mass is 10.1. The first-order chi connectivity index (χ1) is 7.29. The van der Waals surface area contributed by atoms with Crippen molar-refractivity contribution in [3.8, 4) is 0 Å². The van der Waals surface area contributed by atoms with E-state index in [0.717, 1.165) is 11.1 Å². The van der Waals surface area contributed by atoms with Crippen LogP contribution in [0.4, 0.5) is 0 Å². The van der Waals surface area contributed by atoms with Gasteiger partial charge in [-0.2, -0.15) is 0 Å². The second-order valence-corrected chi connectivity index (χ2v) is 5.42. The third kappa shape index (κ3) is 4.08. The van der Waals surface area contributed by atoms with Gasteiger partial charge in [0, 0.05) is 10.6 Å². The number of rotatable bonds is 3. The summed E-state index contributed by atoms with van der Waals surface area (Å²) in [6, 6.07) is 5.52. The molecule has 1 aromatic rings. The highest BCUT2D eigenvalue weighted by Crippen LogP contribution is 2.21. The average Bonchev–Trinajstić information content (AvgIpc) is 2.14. The third-order valence-electron chi connectivity index (χ3n) is 2.00. The lowest BCUT2D eigenvalue weighted by Crippen LogP contribution is -2.19. The van der Waals surface area contributed by atoms with Crippen LogP contribution in [0.1, 0.15) is 31.9 Å². The number of hydrogen-bond acceptors (Lipinski definition) is 2. The fraction of sp³-hybridized carbons (Fsp3) is 0.417. The Labute approximate surface area is 107 Å². The van der Waals surface area contributed by atoms with Gasteiger partial charge in [-0.25, -0.2) is 0 Å². The van der Waals surface area contributed by atoms with Crippen molar-refractivity contribution in [1.82, 2.24) is 0 Å². The molecule has 0 amide bonds. The van der Waals surface area contributed by atoms with Crippen molar-refractivity contribution in [3.05, 3.63) is 34.3 Å². The zero-order valence-electron chi connectivity index (χ0n) is 9.71. The molecule has 88 valence electrons. The van der Waals surface area contributed by atoms with Gasteiger partial charge in [-0.1, -0.05) is 36.0 Å². The van der Waals surface area contributed by atoms with Crippen LogP contribution in [-0.2, 0) is 11.3 Å². The Hall–Kier alpha value is -0.640. The summed E-state index contributed by atoms with van der Waals surface area (Å²) in [5.74, 6) is 0. The van der Waals surface area contributed by atoms with E-state index in [4.69, 9.17) is 34.3 Å². The van der Waals surface area contributed by atoms with Crippen molar-refractivity contribution in [3.63, 3.8) is 0 Å². The second kappa shape index (κ2) is 5.13. The van der Waals surface area contributed by atoms with Crippen LogP contribution in [0.25, 0.3) is 0 Å². The first kappa shape index (κ1) is 13.4. The zero-order valence-corrected chi connectivity index (χ0v) is 11.3. The van der Waals surface area contributed by atoms with E-state index in [1.54, 1.807) is 6.07 Å². The molecule has 0 bridgehead atoms. The van der Waals surface area contributed by atoms with Crippen LogP contribution < -0.4 is 5.73 Å². The number of nitrogens with two attached hydrogens (primary N) is 1. The van der Waals surface area contributed by atoms with Gasteiger partial charge < -0.3 is 10.5 Å². The summed E-state index contributed by atoms with van der Waals surface area (Å²) in [7, 11) is 0. The van der Waals surface area contributed by atoms with Crippen LogP contribution >= 0.6 is 23.8 Å². The van der Waals surface area contributed by atoms with Crippen molar-refractivity contribution >= 4 is 28.8 Å². The van der Waals surface area contributed by atoms with E-state index in [1.165, 1.54) is 0 Å². The average molecular weight is 258 g/mol. The summed E-state index contributed by atoms with van der Waals surface area (Å²) in [5, 5.41) is 0.634. The molecule has 2 N–H and O–H groups in total. The van der Waals surface area contributed by atoms with Crippen LogP contribution in [0.2, 0.25) is 5.02 Å². The first-order valence-corrected chi connectivity index (χ1v) is 5.80. The fourth-order valence-corrected chi connectivity index (χ4v) is 1.47. The number of halogens is 1. The first-order valence-electron chi connectivity index (χ1n) is 5.02. The van der Waals surface area contributed by atoms with Gasteiger partial charge >= 0.3 is 0 Å². The summed E-state index contributed by atoms with van der Waals surface area (Å²) in [5.41, 5.74) is 7.06. The Morgan fingerprint density at radius 3 is 2.50 bits per heavy atom. The third-order valence-corrected chi connectivity index (χ3v) is 2.59. The van der Waals surface area contributed by atoms with Gasteiger partial charge in [0.15, 0.2) is 0 Å². The predicted octanol–water partition coefficient (Wildman–Crippen LogP) is 3.29. The molecule has 0 saturated carbocycles. The Morgan fingerprint density at radius 1 is 1.44 bits per heavy atom. The monoisotopic (exact) mass is 257 g/mol. The molecular weight excluding hydrogens is 242 g/mol. The van der Waals surface area contributed by atoms with Gasteiger partial charge in [-0.3, -0.25) is 0 Å². The summed E-state index contributed by atoms with van der Waals surface area (Å²) in [4.78, 5) is 0.352. The van der Waals surface area contributed by atoms with Crippen LogP contribution in [0.15, 0.2) is 18.2 Å². The normalized spacial score (nSPS) is 11.5. The van der Waals surface area contributed by atoms with Crippen LogP contribution in [-0.4, -0.2) is 10.6 Å². The predicted molar refractivity (Wildman–Crippen MR) is 71.9 cm³/mol. The summed E-state index contributed by atoms with van der Waals surface area (Å²) < 4.78 is 5.65. The Bertz CT molecular complexity index is 398. The van der Waals surface area contributed by atoms with E-state index >= 15 is 0 Å². The minimum Gasteiger partial charge on any atom is -0.389 e. The lowest BCUT2D eigenvalue weighted by Gasteiger charge is -2.20. The maximum absolute atomic E-state index is 6.11. The topological polar surface area (TPSA) is 35.2 Å². The molecule has 0 aromatic heterocycles. The van der Waals surface area contributed by atoms with Gasteiger partial charge in [0.2, 0.25) is 0 Å². The number of thiocarbonyl (C=S) groups is 1. The molecule has 1 rings (SSSR count). The van der Waals surface area contributed by atoms with E-state index in [0.29, 0.717) is 16.6 Å². The van der Waals surface area contributed by atoms with Gasteiger partial charge in [-0.15, -0.1) is 0 Å². The van der Waals surface area contributed by atoms with Crippen LogP contribution in [0.5, 0.6) is 0 Å². The standard InChI is InChI=1S/C12H16ClNOS/c1-12(2,3)15-7-9-5-4-8(11(14)16)6-10(9)13/h4-6H,7H2,1-3H3,(H2,14,16). The summed E-state index contributed by atoms with van der Waals surface area (Å²) >= 11 is 11.0. The Kier molecular flexibility index (Phi) is 4.30. The van der Waals surface area contributed by atoms with E-state index in [2.05, 4.69) is 0 Å². The molecule has 4 heteroatoms. The molecule has 0 atom stereocenters. The van der Waals surface area contributed by atoms with Gasteiger partial charge in [0.05, 0.1) is 12.2 Å². The highest BCUT2D eigenvalue weighted by atomic mass is 35.5. The Balaban J connectivity index is 2.80. The van der Waals surface area contributed by atoms with Crippen molar-refractivity contribution in [1.29, 1.82) is 0 Å². The molecule has 0 radical (unpaired) electrons. The lowest BCUT2D eigenvalue weighted by molar-refractivity contribution is -0.0149. The highest BCUT2D eigenvalue weighted by Gasteiger charge is 2.11. The second-order valence-electron chi connectivity index (χ2n) is 4.57. The molecular formula is C12H16ClNOS. The van der Waals surface area contributed by atoms with Gasteiger partial charge in [-0.05, 0) is 32.4 Å². The van der Waals surface area contributed by atoms with Crippen molar-refractivity contribution in [2.24, 2.45) is 5.73 Å². The maximum Gasteiger partial charge on any atom is 0.104 e. The molecule has 0 aliphatic carbocycles. The van der Waals surface area contributed by atoms with Gasteiger partial charge in [0.1, 0.15) is 4.99 Å². The molecule has 1 aromatic carbocycles. The van der Waals surface area contributed by atoms with Crippen LogP contribution in [0, 0.1) is 0 Å². The summed E-state index contributed by atoms with van der Waals surface area (Å²) in [6.07, 6.45) is 0. The fourth-order valence-electron chi connectivity index (χ4n) is 1.11. The Morgan fingerprint density at radius 2 is 2.06 bits per heavy atom. The van der Waals surface area contributed by atoms with Crippen molar-refractivity contribution in [2.75, 3.05) is 0 Å². The van der Waals surface area contributed by atoms with Crippen molar-refractivity contribution < 1.29 is 4.74 Å². The van der Waals surface area contributed by atoms with Crippen molar-refractivity contribution in [2.45, 2.75) is 33.0 Å². The number of ether oxygens (including phenoxy) is 1. The van der Waals surface area contributed by atoms with E-state index < -0.39 is 0 Å². The zero-order chi connectivity index (χ0) is 12.3. The van der Waals surface area contributed by atoms with Crippen LogP contribution in [0.3, 0.4) is 0 Å². The molecule has 0 fully saturated rings. The van der Waals surface area contributed by atoms with E-state index in [-0.39, 0.29) is 5.60 Å². The number of hydrogen-bond donors (Lipinski definition) is 1. The molecule has 0 heterocycles. The molecule has 0 saturated heterocycles. The minimum atomic E-state index is -0.175. The minimum absolute atomic E-state index is 0.175.